The summed E-state index contributed by atoms with van der Waals surface area (Å²) in [6.07, 6.45) is 1.32. The molecule has 2 aromatic heterocycles. The lowest BCUT2D eigenvalue weighted by Gasteiger charge is -1.82. The van der Waals surface area contributed by atoms with E-state index in [4.69, 9.17) is 5.11 Å². The number of carboxylic acids is 1. The number of carbonyl (C=O) groups is 1. The highest BCUT2D eigenvalue weighted by atomic mass is 32.1. The molecular formula is C13H10O3S. The summed E-state index contributed by atoms with van der Waals surface area (Å²) >= 11 is 1.79. The Hall–Kier alpha value is -2.07. The molecule has 3 nitrogen and oxygen atoms in total. The SMILES string of the molecule is O=C(O)c1ccco1.c1ccc2sccc2c1. The Morgan fingerprint density at radius 3 is 2.53 bits per heavy atom. The van der Waals surface area contributed by atoms with Crippen molar-refractivity contribution in [2.75, 3.05) is 0 Å². The number of rotatable bonds is 1. The lowest BCUT2D eigenvalue weighted by Crippen LogP contribution is -1.90. The van der Waals surface area contributed by atoms with Crippen LogP contribution in [-0.4, -0.2) is 11.1 Å². The zero-order valence-electron chi connectivity index (χ0n) is 8.87. The van der Waals surface area contributed by atoms with E-state index >= 15 is 0 Å². The van der Waals surface area contributed by atoms with Crippen molar-refractivity contribution in [3.05, 3.63) is 59.9 Å². The molecule has 0 radical (unpaired) electrons. The normalized spacial score (nSPS) is 9.65. The third-order valence-corrected chi connectivity index (χ3v) is 2.99. The molecule has 0 fully saturated rings. The van der Waals surface area contributed by atoms with Gasteiger partial charge in [-0.15, -0.1) is 11.3 Å². The standard InChI is InChI=1S/C8H6S.C5H4O3/c1-2-4-8-7(3-1)5-6-9-8;6-5(7)4-2-1-3-8-4/h1-6H;1-3H,(H,6,7). The molecule has 0 aliphatic rings. The average Bonchev–Trinajstić information content (AvgIpc) is 3.01. The quantitative estimate of drug-likeness (QED) is 0.708. The fourth-order valence-electron chi connectivity index (χ4n) is 1.31. The van der Waals surface area contributed by atoms with Crippen LogP contribution in [0.15, 0.2) is 58.5 Å². The second-order valence-corrected chi connectivity index (χ2v) is 4.19. The maximum Gasteiger partial charge on any atom is 0.371 e. The van der Waals surface area contributed by atoms with E-state index in [9.17, 15) is 4.79 Å². The monoisotopic (exact) mass is 246 g/mol. The topological polar surface area (TPSA) is 50.4 Å². The van der Waals surface area contributed by atoms with Gasteiger partial charge in [-0.25, -0.2) is 4.79 Å². The number of fused-ring (bicyclic) bond motifs is 1. The minimum Gasteiger partial charge on any atom is -0.475 e. The van der Waals surface area contributed by atoms with Crippen LogP contribution >= 0.6 is 11.3 Å². The van der Waals surface area contributed by atoms with Gasteiger partial charge in [0, 0.05) is 4.70 Å². The summed E-state index contributed by atoms with van der Waals surface area (Å²) in [4.78, 5) is 9.97. The van der Waals surface area contributed by atoms with Gasteiger partial charge >= 0.3 is 5.97 Å². The number of hydrogen-bond donors (Lipinski definition) is 1. The number of hydrogen-bond acceptors (Lipinski definition) is 3. The summed E-state index contributed by atoms with van der Waals surface area (Å²) in [5, 5.41) is 11.6. The van der Waals surface area contributed by atoms with Crippen LogP contribution in [0.2, 0.25) is 0 Å². The van der Waals surface area contributed by atoms with Gasteiger partial charge in [-0.1, -0.05) is 18.2 Å². The van der Waals surface area contributed by atoms with Crippen LogP contribution in [0.25, 0.3) is 10.1 Å². The number of benzene rings is 1. The lowest BCUT2D eigenvalue weighted by molar-refractivity contribution is 0.0662. The molecule has 0 saturated carbocycles. The summed E-state index contributed by atoms with van der Waals surface area (Å²) in [5.74, 6) is -1.06. The molecule has 0 aliphatic heterocycles. The minimum atomic E-state index is -1.03. The summed E-state index contributed by atoms with van der Waals surface area (Å²) in [6.45, 7) is 0. The van der Waals surface area contributed by atoms with Crippen LogP contribution in [0.3, 0.4) is 0 Å². The lowest BCUT2D eigenvalue weighted by atomic mass is 10.3. The zero-order chi connectivity index (χ0) is 12.1. The first-order chi connectivity index (χ1) is 8.27. The molecule has 86 valence electrons. The van der Waals surface area contributed by atoms with E-state index in [1.54, 1.807) is 11.3 Å². The van der Waals surface area contributed by atoms with Crippen molar-refractivity contribution < 1.29 is 14.3 Å². The molecule has 0 saturated heterocycles. The molecular weight excluding hydrogens is 236 g/mol. The molecule has 1 aromatic carbocycles. The Balaban J connectivity index is 0.000000128. The Morgan fingerprint density at radius 2 is 1.94 bits per heavy atom. The Kier molecular flexibility index (Phi) is 3.57. The van der Waals surface area contributed by atoms with E-state index in [1.807, 2.05) is 0 Å². The zero-order valence-corrected chi connectivity index (χ0v) is 9.68. The van der Waals surface area contributed by atoms with Crippen LogP contribution in [0.5, 0.6) is 0 Å². The van der Waals surface area contributed by atoms with Gasteiger partial charge < -0.3 is 9.52 Å². The van der Waals surface area contributed by atoms with Crippen molar-refractivity contribution in [1.82, 2.24) is 0 Å². The van der Waals surface area contributed by atoms with Gasteiger partial charge in [-0.2, -0.15) is 0 Å². The van der Waals surface area contributed by atoms with Crippen molar-refractivity contribution in [2.45, 2.75) is 0 Å². The first-order valence-electron chi connectivity index (χ1n) is 4.96. The molecule has 4 heteroatoms. The fraction of sp³-hybridized carbons (Fsp3) is 0. The second-order valence-electron chi connectivity index (χ2n) is 3.24. The highest BCUT2D eigenvalue weighted by Crippen LogP contribution is 2.18. The van der Waals surface area contributed by atoms with E-state index in [0.717, 1.165) is 0 Å². The molecule has 0 spiro atoms. The highest BCUT2D eigenvalue weighted by Gasteiger charge is 2.01. The van der Waals surface area contributed by atoms with Gasteiger partial charge in [-0.05, 0) is 35.0 Å². The van der Waals surface area contributed by atoms with Gasteiger partial charge in [0.2, 0.25) is 5.76 Å². The van der Waals surface area contributed by atoms with Gasteiger partial charge in [0.25, 0.3) is 0 Å². The molecule has 0 bridgehead atoms. The summed E-state index contributed by atoms with van der Waals surface area (Å²) < 4.78 is 5.87. The smallest absolute Gasteiger partial charge is 0.371 e. The first-order valence-corrected chi connectivity index (χ1v) is 5.84. The Labute approximate surface area is 102 Å². The third kappa shape index (κ3) is 2.95. The molecule has 0 atom stereocenters. The van der Waals surface area contributed by atoms with Crippen molar-refractivity contribution in [3.8, 4) is 0 Å². The summed E-state index contributed by atoms with van der Waals surface area (Å²) in [5.41, 5.74) is 0. The third-order valence-electron chi connectivity index (χ3n) is 2.09. The van der Waals surface area contributed by atoms with E-state index in [0.29, 0.717) is 0 Å². The van der Waals surface area contributed by atoms with Crippen LogP contribution < -0.4 is 0 Å². The molecule has 3 rings (SSSR count). The van der Waals surface area contributed by atoms with Gasteiger partial charge in [0.05, 0.1) is 6.26 Å². The fourth-order valence-corrected chi connectivity index (χ4v) is 2.10. The number of aromatic carboxylic acids is 1. The van der Waals surface area contributed by atoms with Crippen molar-refractivity contribution in [3.63, 3.8) is 0 Å². The molecule has 17 heavy (non-hydrogen) atoms. The largest absolute Gasteiger partial charge is 0.475 e. The average molecular weight is 246 g/mol. The maximum atomic E-state index is 9.97. The Morgan fingerprint density at radius 1 is 1.12 bits per heavy atom. The van der Waals surface area contributed by atoms with E-state index < -0.39 is 5.97 Å². The predicted octanol–water partition coefficient (Wildman–Crippen LogP) is 3.88. The van der Waals surface area contributed by atoms with Crippen LogP contribution in [-0.2, 0) is 0 Å². The summed E-state index contributed by atoms with van der Waals surface area (Å²) in [6, 6.07) is 13.5. The predicted molar refractivity (Wildman–Crippen MR) is 67.5 cm³/mol. The highest BCUT2D eigenvalue weighted by molar-refractivity contribution is 7.17. The first kappa shape index (κ1) is 11.4. The number of thiophene rings is 1. The van der Waals surface area contributed by atoms with Crippen molar-refractivity contribution in [1.29, 1.82) is 0 Å². The van der Waals surface area contributed by atoms with Crippen LogP contribution in [0.1, 0.15) is 10.6 Å². The molecule has 1 N–H and O–H groups in total. The molecule has 2 heterocycles. The van der Waals surface area contributed by atoms with E-state index in [1.165, 1.54) is 28.5 Å². The van der Waals surface area contributed by atoms with Crippen molar-refractivity contribution >= 4 is 27.4 Å². The van der Waals surface area contributed by atoms with Crippen LogP contribution in [0, 0.1) is 0 Å². The van der Waals surface area contributed by atoms with Gasteiger partial charge in [0.1, 0.15) is 0 Å². The van der Waals surface area contributed by atoms with Gasteiger partial charge in [-0.3, -0.25) is 0 Å². The minimum absolute atomic E-state index is 0.0231. The van der Waals surface area contributed by atoms with Crippen LogP contribution in [0.4, 0.5) is 0 Å². The van der Waals surface area contributed by atoms with Crippen molar-refractivity contribution in [2.24, 2.45) is 0 Å². The second kappa shape index (κ2) is 5.32. The molecule has 0 amide bonds. The molecule has 0 aliphatic carbocycles. The van der Waals surface area contributed by atoms with Gasteiger partial charge in [0.15, 0.2) is 0 Å². The van der Waals surface area contributed by atoms with E-state index in [-0.39, 0.29) is 5.76 Å². The summed E-state index contributed by atoms with van der Waals surface area (Å²) in [7, 11) is 0. The number of carboxylic acid groups (broad SMARTS) is 1. The maximum absolute atomic E-state index is 9.97. The Bertz CT molecular complexity index is 566. The molecule has 3 aromatic rings. The van der Waals surface area contributed by atoms with E-state index in [2.05, 4.69) is 40.1 Å². The molecule has 0 unspecified atom stereocenters. The number of furan rings is 1.